The van der Waals surface area contributed by atoms with Crippen LogP contribution in [0.2, 0.25) is 0 Å². The largest absolute Gasteiger partial charge is 0.388 e. The third-order valence-electron chi connectivity index (χ3n) is 4.23. The van der Waals surface area contributed by atoms with Gasteiger partial charge in [-0.1, -0.05) is 54.6 Å². The van der Waals surface area contributed by atoms with E-state index in [0.717, 1.165) is 44.8 Å². The van der Waals surface area contributed by atoms with Crippen LogP contribution in [0.5, 0.6) is 0 Å². The first kappa shape index (κ1) is 15.2. The molecule has 3 heteroatoms. The van der Waals surface area contributed by atoms with Gasteiger partial charge < -0.3 is 9.84 Å². The maximum atomic E-state index is 10.4. The molecule has 2 aromatic carbocycles. The summed E-state index contributed by atoms with van der Waals surface area (Å²) >= 11 is 0. The summed E-state index contributed by atoms with van der Waals surface area (Å²) in [7, 11) is 0. The van der Waals surface area contributed by atoms with E-state index in [9.17, 15) is 5.11 Å². The summed E-state index contributed by atoms with van der Waals surface area (Å²) in [6.07, 6.45) is 0.373. The summed E-state index contributed by atoms with van der Waals surface area (Å²) < 4.78 is 5.34. The molecule has 1 saturated heterocycles. The molecule has 1 aliphatic heterocycles. The van der Waals surface area contributed by atoms with Gasteiger partial charge in [-0.15, -0.1) is 0 Å². The van der Waals surface area contributed by atoms with E-state index in [1.54, 1.807) is 0 Å². The van der Waals surface area contributed by atoms with E-state index in [4.69, 9.17) is 4.74 Å². The third-order valence-corrected chi connectivity index (χ3v) is 4.23. The van der Waals surface area contributed by atoms with Crippen LogP contribution in [0.25, 0.3) is 11.1 Å². The average molecular weight is 297 g/mol. The lowest BCUT2D eigenvalue weighted by Crippen LogP contribution is -2.37. The number of rotatable bonds is 5. The summed E-state index contributed by atoms with van der Waals surface area (Å²) in [5.41, 5.74) is 3.38. The highest BCUT2D eigenvalue weighted by molar-refractivity contribution is 5.63. The van der Waals surface area contributed by atoms with Gasteiger partial charge in [-0.3, -0.25) is 4.90 Å². The lowest BCUT2D eigenvalue weighted by atomic mass is 10.0. The minimum Gasteiger partial charge on any atom is -0.388 e. The van der Waals surface area contributed by atoms with Crippen molar-refractivity contribution < 1.29 is 9.84 Å². The lowest BCUT2D eigenvalue weighted by Gasteiger charge is -2.27. The molecule has 1 atom stereocenters. The number of hydrogen-bond acceptors (Lipinski definition) is 3. The Kier molecular flexibility index (Phi) is 5.22. The van der Waals surface area contributed by atoms with Gasteiger partial charge in [0.1, 0.15) is 0 Å². The van der Waals surface area contributed by atoms with Crippen LogP contribution in [0.15, 0.2) is 54.6 Å². The number of aliphatic hydroxyl groups is 1. The molecule has 22 heavy (non-hydrogen) atoms. The highest BCUT2D eigenvalue weighted by Crippen LogP contribution is 2.23. The Bertz CT molecular complexity index is 562. The molecule has 1 unspecified atom stereocenters. The summed E-state index contributed by atoms with van der Waals surface area (Å²) in [6.45, 7) is 4.48. The quantitative estimate of drug-likeness (QED) is 0.920. The molecule has 2 aromatic rings. The van der Waals surface area contributed by atoms with Gasteiger partial charge in [0.25, 0.3) is 0 Å². The van der Waals surface area contributed by atoms with Gasteiger partial charge in [0.05, 0.1) is 19.3 Å². The molecule has 0 amide bonds. The molecule has 0 saturated carbocycles. The summed E-state index contributed by atoms with van der Waals surface area (Å²) in [5, 5.41) is 10.4. The molecular weight excluding hydrogens is 274 g/mol. The molecule has 3 nitrogen and oxygen atoms in total. The highest BCUT2D eigenvalue weighted by atomic mass is 16.5. The topological polar surface area (TPSA) is 32.7 Å². The first-order valence-electron chi connectivity index (χ1n) is 7.96. The van der Waals surface area contributed by atoms with E-state index < -0.39 is 6.10 Å². The van der Waals surface area contributed by atoms with Crippen molar-refractivity contribution in [3.05, 3.63) is 60.2 Å². The van der Waals surface area contributed by atoms with E-state index in [0.29, 0.717) is 0 Å². The zero-order valence-corrected chi connectivity index (χ0v) is 12.8. The predicted molar refractivity (Wildman–Crippen MR) is 88.7 cm³/mol. The minimum atomic E-state index is -0.396. The predicted octanol–water partition coefficient (Wildman–Crippen LogP) is 3.11. The Morgan fingerprint density at radius 2 is 1.55 bits per heavy atom. The fraction of sp³-hybridized carbons (Fsp3) is 0.368. The molecule has 1 fully saturated rings. The Balaban J connectivity index is 1.57. The van der Waals surface area contributed by atoms with Crippen LogP contribution in [-0.4, -0.2) is 42.9 Å². The SMILES string of the molecule is OC(CCN1CCOCC1)c1ccc(-c2ccccc2)cc1. The zero-order valence-electron chi connectivity index (χ0n) is 12.8. The van der Waals surface area contributed by atoms with Crippen LogP contribution in [0.1, 0.15) is 18.1 Å². The number of ether oxygens (including phenoxy) is 1. The summed E-state index contributed by atoms with van der Waals surface area (Å²) in [5.74, 6) is 0. The van der Waals surface area contributed by atoms with Crippen LogP contribution < -0.4 is 0 Å². The van der Waals surface area contributed by atoms with Crippen LogP contribution in [0.3, 0.4) is 0 Å². The van der Waals surface area contributed by atoms with E-state index >= 15 is 0 Å². The second-order valence-electron chi connectivity index (χ2n) is 5.75. The van der Waals surface area contributed by atoms with Crippen molar-refractivity contribution in [1.82, 2.24) is 4.90 Å². The van der Waals surface area contributed by atoms with Gasteiger partial charge in [0, 0.05) is 19.6 Å². The van der Waals surface area contributed by atoms with E-state index in [1.165, 1.54) is 11.1 Å². The van der Waals surface area contributed by atoms with E-state index in [1.807, 2.05) is 30.3 Å². The Morgan fingerprint density at radius 1 is 0.909 bits per heavy atom. The van der Waals surface area contributed by atoms with Crippen molar-refractivity contribution in [1.29, 1.82) is 0 Å². The van der Waals surface area contributed by atoms with Gasteiger partial charge >= 0.3 is 0 Å². The number of benzene rings is 2. The standard InChI is InChI=1S/C19H23NO2/c21-19(10-11-20-12-14-22-15-13-20)18-8-6-17(7-9-18)16-4-2-1-3-5-16/h1-9,19,21H,10-15H2. The van der Waals surface area contributed by atoms with Crippen molar-refractivity contribution in [2.45, 2.75) is 12.5 Å². The number of morpholine rings is 1. The molecular formula is C19H23NO2. The molecule has 0 radical (unpaired) electrons. The molecule has 1 N–H and O–H groups in total. The molecule has 1 aliphatic rings. The maximum absolute atomic E-state index is 10.4. The molecule has 0 spiro atoms. The van der Waals surface area contributed by atoms with Gasteiger partial charge in [-0.05, 0) is 23.1 Å². The van der Waals surface area contributed by atoms with Gasteiger partial charge in [0.2, 0.25) is 0 Å². The maximum Gasteiger partial charge on any atom is 0.0802 e. The molecule has 1 heterocycles. The third kappa shape index (κ3) is 3.95. The first-order valence-corrected chi connectivity index (χ1v) is 7.96. The van der Waals surface area contributed by atoms with Crippen LogP contribution in [-0.2, 0) is 4.74 Å². The Hall–Kier alpha value is -1.68. The van der Waals surface area contributed by atoms with Gasteiger partial charge in [-0.2, -0.15) is 0 Å². The lowest BCUT2D eigenvalue weighted by molar-refractivity contribution is 0.0300. The summed E-state index contributed by atoms with van der Waals surface area (Å²) in [6, 6.07) is 18.5. The van der Waals surface area contributed by atoms with Gasteiger partial charge in [-0.25, -0.2) is 0 Å². The smallest absolute Gasteiger partial charge is 0.0802 e. The highest BCUT2D eigenvalue weighted by Gasteiger charge is 2.13. The van der Waals surface area contributed by atoms with Crippen LogP contribution >= 0.6 is 0 Å². The van der Waals surface area contributed by atoms with E-state index in [2.05, 4.69) is 29.2 Å². The monoisotopic (exact) mass is 297 g/mol. The fourth-order valence-electron chi connectivity index (χ4n) is 2.82. The number of hydrogen-bond donors (Lipinski definition) is 1. The van der Waals surface area contributed by atoms with Crippen molar-refractivity contribution in [3.8, 4) is 11.1 Å². The molecule has 0 aromatic heterocycles. The molecule has 116 valence electrons. The van der Waals surface area contributed by atoms with Gasteiger partial charge in [0.15, 0.2) is 0 Å². The van der Waals surface area contributed by atoms with Crippen LogP contribution in [0, 0.1) is 0 Å². The van der Waals surface area contributed by atoms with Crippen LogP contribution in [0.4, 0.5) is 0 Å². The minimum absolute atomic E-state index is 0.396. The first-order chi connectivity index (χ1) is 10.8. The molecule has 0 aliphatic carbocycles. The Labute approximate surface area is 132 Å². The second kappa shape index (κ2) is 7.54. The normalized spacial score (nSPS) is 17.3. The fourth-order valence-corrected chi connectivity index (χ4v) is 2.82. The number of nitrogens with zero attached hydrogens (tertiary/aromatic N) is 1. The van der Waals surface area contributed by atoms with Crippen molar-refractivity contribution >= 4 is 0 Å². The molecule has 0 bridgehead atoms. The molecule has 3 rings (SSSR count). The Morgan fingerprint density at radius 3 is 2.23 bits per heavy atom. The van der Waals surface area contributed by atoms with Crippen molar-refractivity contribution in [2.24, 2.45) is 0 Å². The number of aliphatic hydroxyl groups excluding tert-OH is 1. The summed E-state index contributed by atoms with van der Waals surface area (Å²) in [4.78, 5) is 2.35. The van der Waals surface area contributed by atoms with Crippen molar-refractivity contribution in [2.75, 3.05) is 32.8 Å². The van der Waals surface area contributed by atoms with Crippen molar-refractivity contribution in [3.63, 3.8) is 0 Å². The zero-order chi connectivity index (χ0) is 15.2. The second-order valence-corrected chi connectivity index (χ2v) is 5.75. The van der Waals surface area contributed by atoms with E-state index in [-0.39, 0.29) is 0 Å². The average Bonchev–Trinajstić information content (AvgIpc) is 2.61.